The van der Waals surface area contributed by atoms with Gasteiger partial charge in [-0.15, -0.1) is 0 Å². The first-order chi connectivity index (χ1) is 19.1. The average Bonchev–Trinajstić information content (AvgIpc) is 3.16. The molecule has 11 nitrogen and oxygen atoms in total. The molecule has 0 saturated carbocycles. The molecule has 2 aliphatic heterocycles. The lowest BCUT2D eigenvalue weighted by Crippen LogP contribution is -2.57. The zero-order chi connectivity index (χ0) is 29.0. The quantitative estimate of drug-likeness (QED) is 0.279. The van der Waals surface area contributed by atoms with Crippen molar-refractivity contribution in [2.24, 2.45) is 5.92 Å². The minimum Gasteiger partial charge on any atom is -0.480 e. The van der Waals surface area contributed by atoms with E-state index in [0.29, 0.717) is 50.3 Å². The van der Waals surface area contributed by atoms with E-state index in [-0.39, 0.29) is 31.4 Å². The van der Waals surface area contributed by atoms with E-state index >= 15 is 0 Å². The van der Waals surface area contributed by atoms with E-state index in [9.17, 15) is 29.4 Å². The van der Waals surface area contributed by atoms with E-state index in [0.717, 1.165) is 15.7 Å². The number of nitrogens with one attached hydrogen (secondary N) is 1. The van der Waals surface area contributed by atoms with Gasteiger partial charge in [-0.25, -0.2) is 0 Å². The highest BCUT2D eigenvalue weighted by Gasteiger charge is 2.37. The Bertz CT molecular complexity index is 1200. The number of hydrogen-bond donors (Lipinski definition) is 4. The number of rotatable bonds is 12. The summed E-state index contributed by atoms with van der Waals surface area (Å²) in [6.07, 6.45) is -0.462. The molecule has 1 fully saturated rings. The van der Waals surface area contributed by atoms with Gasteiger partial charge in [0, 0.05) is 39.3 Å². The van der Waals surface area contributed by atoms with Crippen LogP contribution in [0, 0.1) is 5.92 Å². The van der Waals surface area contributed by atoms with Crippen LogP contribution in [0.15, 0.2) is 36.4 Å². The Morgan fingerprint density at radius 2 is 1.52 bits per heavy atom. The number of β-amino-alcohol motifs (C(OH)–C–C–N with tert-alkyl or cyclic N) is 1. The minimum absolute atomic E-state index is 0.0466. The first-order valence-electron chi connectivity index (χ1n) is 13.8. The fourth-order valence-electron chi connectivity index (χ4n) is 5.40. The van der Waals surface area contributed by atoms with Crippen LogP contribution in [0.3, 0.4) is 0 Å². The van der Waals surface area contributed by atoms with Gasteiger partial charge in [0.25, 0.3) is 11.8 Å². The van der Waals surface area contributed by atoms with Crippen LogP contribution in [0.5, 0.6) is 0 Å². The first kappa shape index (κ1) is 29.6. The lowest BCUT2D eigenvalue weighted by atomic mass is 10.0. The van der Waals surface area contributed by atoms with Gasteiger partial charge >= 0.3 is 5.97 Å². The van der Waals surface area contributed by atoms with E-state index in [2.05, 4.69) is 5.32 Å². The summed E-state index contributed by atoms with van der Waals surface area (Å²) in [4.78, 5) is 56.6. The number of imide groups is 1. The van der Waals surface area contributed by atoms with Gasteiger partial charge in [-0.3, -0.25) is 34.3 Å². The van der Waals surface area contributed by atoms with Crippen molar-refractivity contribution < 1.29 is 34.5 Å². The second-order valence-electron chi connectivity index (χ2n) is 11.0. The normalized spacial score (nSPS) is 18.3. The molecule has 40 heavy (non-hydrogen) atoms. The van der Waals surface area contributed by atoms with Crippen molar-refractivity contribution in [3.8, 4) is 0 Å². The molecular formula is C29H38N4O7. The molecule has 4 N–H and O–H groups in total. The maximum absolute atomic E-state index is 13.4. The number of hydrogen-bond acceptors (Lipinski definition) is 8. The van der Waals surface area contributed by atoms with Crippen LogP contribution in [0.1, 0.15) is 47.4 Å². The second-order valence-corrected chi connectivity index (χ2v) is 11.0. The van der Waals surface area contributed by atoms with Crippen molar-refractivity contribution in [1.82, 2.24) is 20.0 Å². The van der Waals surface area contributed by atoms with E-state index < -0.39 is 36.0 Å². The van der Waals surface area contributed by atoms with Gasteiger partial charge in [0.2, 0.25) is 5.91 Å². The van der Waals surface area contributed by atoms with Crippen molar-refractivity contribution in [2.75, 3.05) is 45.9 Å². The Morgan fingerprint density at radius 1 is 0.950 bits per heavy atom. The average molecular weight is 555 g/mol. The zero-order valence-corrected chi connectivity index (χ0v) is 23.0. The van der Waals surface area contributed by atoms with E-state index in [1.807, 2.05) is 43.0 Å². The van der Waals surface area contributed by atoms with Crippen molar-refractivity contribution in [3.05, 3.63) is 47.5 Å². The summed E-state index contributed by atoms with van der Waals surface area (Å²) < 4.78 is 0. The Balaban J connectivity index is 1.41. The topological polar surface area (TPSA) is 151 Å². The number of carbonyl (C=O) groups excluding carboxylic acids is 3. The monoisotopic (exact) mass is 554 g/mol. The molecule has 1 saturated heterocycles. The minimum atomic E-state index is -1.16. The van der Waals surface area contributed by atoms with Gasteiger partial charge in [-0.05, 0) is 41.7 Å². The van der Waals surface area contributed by atoms with E-state index in [1.165, 1.54) is 0 Å². The Labute approximate surface area is 233 Å². The van der Waals surface area contributed by atoms with Crippen molar-refractivity contribution in [1.29, 1.82) is 0 Å². The molecule has 4 rings (SSSR count). The molecular weight excluding hydrogens is 516 g/mol. The summed E-state index contributed by atoms with van der Waals surface area (Å²) in [5, 5.41) is 33.4. The molecule has 1 unspecified atom stereocenters. The third-order valence-electron chi connectivity index (χ3n) is 7.55. The molecule has 2 aliphatic rings. The van der Waals surface area contributed by atoms with Crippen LogP contribution in [-0.2, 0) is 9.59 Å². The third kappa shape index (κ3) is 6.67. The summed E-state index contributed by atoms with van der Waals surface area (Å²) >= 11 is 0. The molecule has 3 atom stereocenters. The van der Waals surface area contributed by atoms with Crippen LogP contribution in [0.2, 0.25) is 0 Å². The largest absolute Gasteiger partial charge is 0.480 e. The molecule has 2 aromatic carbocycles. The number of aliphatic hydroxyl groups is 2. The number of carbonyl (C=O) groups is 4. The highest BCUT2D eigenvalue weighted by Crippen LogP contribution is 2.28. The molecule has 2 aromatic rings. The SMILES string of the molecule is CC(C)C[C@H](N[C@H](CCN1C(=O)c2cc3ccccc3cc2C1=O)C(=O)O)C(=O)N1CCN(CC(O)CO)CC1. The number of aliphatic carboxylic acids is 1. The van der Waals surface area contributed by atoms with Crippen LogP contribution < -0.4 is 5.32 Å². The molecule has 11 heteroatoms. The first-order valence-corrected chi connectivity index (χ1v) is 13.8. The summed E-state index contributed by atoms with van der Waals surface area (Å²) in [5.41, 5.74) is 0.615. The second kappa shape index (κ2) is 12.9. The Hall–Kier alpha value is -3.38. The number of amides is 3. The van der Waals surface area contributed by atoms with Crippen LogP contribution in [0.4, 0.5) is 0 Å². The van der Waals surface area contributed by atoms with Crippen molar-refractivity contribution in [3.63, 3.8) is 0 Å². The predicted molar refractivity (Wildman–Crippen MR) is 148 cm³/mol. The van der Waals surface area contributed by atoms with Gasteiger partial charge < -0.3 is 20.2 Å². The smallest absolute Gasteiger partial charge is 0.320 e. The standard InChI is InChI=1S/C29H38N4O7/c1-18(2)13-25(28(38)32-11-9-31(10-12-32)16-21(35)17-34)30-24(29(39)40)7-8-33-26(36)22-14-19-5-3-4-6-20(19)15-23(22)27(33)37/h3-6,14-15,18,21,24-25,30,34-35H,7-13,16-17H2,1-2H3,(H,39,40)/t21?,24-,25+/m1/s1. The highest BCUT2D eigenvalue weighted by molar-refractivity contribution is 6.23. The molecule has 0 aliphatic carbocycles. The summed E-state index contributed by atoms with van der Waals surface area (Å²) in [6, 6.07) is 8.94. The lowest BCUT2D eigenvalue weighted by Gasteiger charge is -2.38. The van der Waals surface area contributed by atoms with Crippen LogP contribution in [-0.4, -0.2) is 118 Å². The molecule has 3 amide bonds. The molecule has 0 spiro atoms. The molecule has 0 radical (unpaired) electrons. The van der Waals surface area contributed by atoms with Gasteiger partial charge in [0.1, 0.15) is 6.04 Å². The lowest BCUT2D eigenvalue weighted by molar-refractivity contribution is -0.141. The number of carboxylic acids is 1. The predicted octanol–water partition coefficient (Wildman–Crippen LogP) is 0.781. The van der Waals surface area contributed by atoms with Crippen molar-refractivity contribution in [2.45, 2.75) is 44.9 Å². The number of piperazine rings is 1. The third-order valence-corrected chi connectivity index (χ3v) is 7.55. The fraction of sp³-hybridized carbons (Fsp3) is 0.517. The Morgan fingerprint density at radius 3 is 2.02 bits per heavy atom. The van der Waals surface area contributed by atoms with Crippen LogP contribution in [0.25, 0.3) is 10.8 Å². The summed E-state index contributed by atoms with van der Waals surface area (Å²) in [6.45, 7) is 5.73. The highest BCUT2D eigenvalue weighted by atomic mass is 16.4. The zero-order valence-electron chi connectivity index (χ0n) is 23.0. The number of aliphatic hydroxyl groups excluding tert-OH is 2. The molecule has 216 valence electrons. The maximum atomic E-state index is 13.4. The summed E-state index contributed by atoms with van der Waals surface area (Å²) in [7, 11) is 0. The van der Waals surface area contributed by atoms with Gasteiger partial charge in [-0.2, -0.15) is 0 Å². The Kier molecular flexibility index (Phi) is 9.52. The number of fused-ring (bicyclic) bond motifs is 2. The van der Waals surface area contributed by atoms with E-state index in [1.54, 1.807) is 17.0 Å². The summed E-state index contributed by atoms with van der Waals surface area (Å²) in [5.74, 6) is -2.15. The molecule has 2 heterocycles. The number of nitrogens with zero attached hydrogens (tertiary/aromatic N) is 3. The number of carboxylic acid groups (broad SMARTS) is 1. The maximum Gasteiger partial charge on any atom is 0.320 e. The fourth-order valence-corrected chi connectivity index (χ4v) is 5.40. The number of benzene rings is 2. The van der Waals surface area contributed by atoms with Crippen molar-refractivity contribution >= 4 is 34.5 Å². The molecule has 0 bridgehead atoms. The van der Waals surface area contributed by atoms with Gasteiger partial charge in [0.15, 0.2) is 0 Å². The van der Waals surface area contributed by atoms with E-state index in [4.69, 9.17) is 5.11 Å². The van der Waals surface area contributed by atoms with Gasteiger partial charge in [0.05, 0.1) is 29.9 Å². The van der Waals surface area contributed by atoms with Gasteiger partial charge in [-0.1, -0.05) is 38.1 Å². The molecule has 0 aromatic heterocycles. The van der Waals surface area contributed by atoms with Crippen LogP contribution >= 0.6 is 0 Å².